The molecule has 1 aromatic heterocycles. The fourth-order valence-electron chi connectivity index (χ4n) is 3.29. The fraction of sp³-hybridized carbons (Fsp3) is 0.417. The molecule has 1 heterocycles. The Kier molecular flexibility index (Phi) is 8.56. The highest BCUT2D eigenvalue weighted by atomic mass is 32.2. The summed E-state index contributed by atoms with van der Waals surface area (Å²) < 4.78 is 6.73. The number of carbonyl (C=O) groups is 1. The summed E-state index contributed by atoms with van der Waals surface area (Å²) >= 11 is 3.05. The molecule has 0 saturated heterocycles. The summed E-state index contributed by atoms with van der Waals surface area (Å²) in [5.74, 6) is 1.58. The first kappa shape index (κ1) is 21.8. The standard InChI is InChI=1S/C24H29NO2S2/c1-3-4-5-6-7-8-11-16-28-24(26)18-14-15-19(21(17-18)27-2)23-25-20-12-9-10-13-22(20)29-23/h9-10,12-15,17H,3-8,11,16H2,1-2H3. The lowest BCUT2D eigenvalue weighted by Crippen LogP contribution is -1.97. The molecule has 0 saturated carbocycles. The second kappa shape index (κ2) is 11.4. The lowest BCUT2D eigenvalue weighted by molar-refractivity contribution is 0.108. The SMILES string of the molecule is CCCCCCCCCSC(=O)c1ccc(-c2nc3ccccc3s2)c(OC)c1. The number of unbranched alkanes of at least 4 members (excludes halogenated alkanes) is 6. The summed E-state index contributed by atoms with van der Waals surface area (Å²) in [7, 11) is 1.64. The van der Waals surface area contributed by atoms with Crippen LogP contribution in [0.3, 0.4) is 0 Å². The van der Waals surface area contributed by atoms with E-state index >= 15 is 0 Å². The molecule has 2 aromatic carbocycles. The average molecular weight is 428 g/mol. The van der Waals surface area contributed by atoms with Crippen molar-refractivity contribution in [1.82, 2.24) is 4.98 Å². The van der Waals surface area contributed by atoms with Crippen LogP contribution in [-0.4, -0.2) is 23.0 Å². The summed E-state index contributed by atoms with van der Waals surface area (Å²) in [6.45, 7) is 2.24. The quantitative estimate of drug-likeness (QED) is 0.295. The Labute approximate surface area is 181 Å². The molecule has 0 amide bonds. The number of fused-ring (bicyclic) bond motifs is 1. The van der Waals surface area contributed by atoms with E-state index in [2.05, 4.69) is 13.0 Å². The van der Waals surface area contributed by atoms with Crippen molar-refractivity contribution in [3.05, 3.63) is 48.0 Å². The summed E-state index contributed by atoms with van der Waals surface area (Å²) in [5.41, 5.74) is 2.61. The van der Waals surface area contributed by atoms with Gasteiger partial charge in [0.15, 0.2) is 0 Å². The van der Waals surface area contributed by atoms with Crippen LogP contribution in [0.4, 0.5) is 0 Å². The zero-order valence-corrected chi connectivity index (χ0v) is 18.9. The third-order valence-electron chi connectivity index (χ3n) is 4.94. The molecule has 0 spiro atoms. The highest BCUT2D eigenvalue weighted by Gasteiger charge is 2.15. The van der Waals surface area contributed by atoms with Gasteiger partial charge in [0.1, 0.15) is 10.8 Å². The largest absolute Gasteiger partial charge is 0.496 e. The van der Waals surface area contributed by atoms with E-state index in [9.17, 15) is 4.79 Å². The smallest absolute Gasteiger partial charge is 0.219 e. The maximum Gasteiger partial charge on any atom is 0.219 e. The molecule has 0 unspecified atom stereocenters. The maximum absolute atomic E-state index is 12.6. The zero-order valence-electron chi connectivity index (χ0n) is 17.3. The Morgan fingerprint density at radius 2 is 1.79 bits per heavy atom. The highest BCUT2D eigenvalue weighted by Crippen LogP contribution is 2.36. The zero-order chi connectivity index (χ0) is 20.5. The van der Waals surface area contributed by atoms with E-state index in [1.54, 1.807) is 18.4 Å². The Balaban J connectivity index is 1.57. The van der Waals surface area contributed by atoms with Gasteiger partial charge in [0.2, 0.25) is 5.12 Å². The molecule has 0 aliphatic rings. The lowest BCUT2D eigenvalue weighted by atomic mass is 10.1. The minimum atomic E-state index is 0.116. The number of rotatable bonds is 11. The van der Waals surface area contributed by atoms with Gasteiger partial charge in [0.25, 0.3) is 0 Å². The average Bonchev–Trinajstić information content (AvgIpc) is 3.19. The van der Waals surface area contributed by atoms with Gasteiger partial charge in [-0.1, -0.05) is 69.3 Å². The molecule has 3 aromatic rings. The Hall–Kier alpha value is -1.85. The number of aromatic nitrogens is 1. The van der Waals surface area contributed by atoms with Gasteiger partial charge in [-0.2, -0.15) is 0 Å². The van der Waals surface area contributed by atoms with Crippen molar-refractivity contribution in [3.8, 4) is 16.3 Å². The minimum absolute atomic E-state index is 0.116. The summed E-state index contributed by atoms with van der Waals surface area (Å²) in [6, 6.07) is 13.8. The first-order valence-corrected chi connectivity index (χ1v) is 12.2. The van der Waals surface area contributed by atoms with E-state index in [-0.39, 0.29) is 5.12 Å². The number of hydrogen-bond donors (Lipinski definition) is 0. The number of thiazole rings is 1. The van der Waals surface area contributed by atoms with Crippen molar-refractivity contribution in [2.24, 2.45) is 0 Å². The van der Waals surface area contributed by atoms with Crippen molar-refractivity contribution >= 4 is 38.4 Å². The van der Waals surface area contributed by atoms with Crippen LogP contribution in [0.2, 0.25) is 0 Å². The van der Waals surface area contributed by atoms with Gasteiger partial charge in [0, 0.05) is 11.3 Å². The third kappa shape index (κ3) is 6.06. The van der Waals surface area contributed by atoms with Gasteiger partial charge in [-0.25, -0.2) is 4.98 Å². The second-order valence-electron chi connectivity index (χ2n) is 7.16. The molecule has 5 heteroatoms. The molecule has 0 fully saturated rings. The molecule has 154 valence electrons. The summed E-state index contributed by atoms with van der Waals surface area (Å²) in [4.78, 5) is 17.3. The monoisotopic (exact) mass is 427 g/mol. The number of hydrogen-bond acceptors (Lipinski definition) is 5. The Morgan fingerprint density at radius 3 is 2.55 bits per heavy atom. The number of thioether (sulfide) groups is 1. The molecule has 0 aliphatic carbocycles. The van der Waals surface area contributed by atoms with E-state index in [1.807, 2.05) is 36.4 Å². The molecule has 0 atom stereocenters. The maximum atomic E-state index is 12.6. The van der Waals surface area contributed by atoms with E-state index in [0.29, 0.717) is 11.3 Å². The van der Waals surface area contributed by atoms with Gasteiger partial charge in [-0.15, -0.1) is 11.3 Å². The predicted octanol–water partition coefficient (Wildman–Crippen LogP) is 7.60. The van der Waals surface area contributed by atoms with E-state index in [1.165, 1.54) is 50.3 Å². The van der Waals surface area contributed by atoms with Crippen LogP contribution >= 0.6 is 23.1 Å². The molecule has 0 N–H and O–H groups in total. The Morgan fingerprint density at radius 1 is 1.03 bits per heavy atom. The molecule has 0 aliphatic heterocycles. The van der Waals surface area contributed by atoms with Crippen LogP contribution in [0, 0.1) is 0 Å². The third-order valence-corrected chi connectivity index (χ3v) is 7.00. The van der Waals surface area contributed by atoms with Crippen molar-refractivity contribution in [1.29, 1.82) is 0 Å². The molecule has 29 heavy (non-hydrogen) atoms. The topological polar surface area (TPSA) is 39.2 Å². The number of nitrogens with zero attached hydrogens (tertiary/aromatic N) is 1. The summed E-state index contributed by atoms with van der Waals surface area (Å²) in [6.07, 6.45) is 8.86. The van der Waals surface area contributed by atoms with Crippen LogP contribution in [-0.2, 0) is 0 Å². The van der Waals surface area contributed by atoms with Gasteiger partial charge in [-0.3, -0.25) is 4.79 Å². The van der Waals surface area contributed by atoms with Crippen molar-refractivity contribution in [2.75, 3.05) is 12.9 Å². The predicted molar refractivity (Wildman–Crippen MR) is 126 cm³/mol. The van der Waals surface area contributed by atoms with Gasteiger partial charge in [-0.05, 0) is 36.8 Å². The molecule has 0 radical (unpaired) electrons. The molecular weight excluding hydrogens is 398 g/mol. The van der Waals surface area contributed by atoms with Crippen LogP contribution in [0.25, 0.3) is 20.8 Å². The second-order valence-corrected chi connectivity index (χ2v) is 9.26. The normalized spacial score (nSPS) is 11.1. The van der Waals surface area contributed by atoms with Crippen LogP contribution < -0.4 is 4.74 Å². The first-order chi connectivity index (χ1) is 14.2. The van der Waals surface area contributed by atoms with Crippen molar-refractivity contribution in [3.63, 3.8) is 0 Å². The lowest BCUT2D eigenvalue weighted by Gasteiger charge is -2.08. The molecule has 0 bridgehead atoms. The van der Waals surface area contributed by atoms with Crippen LogP contribution in [0.1, 0.15) is 62.2 Å². The Bertz CT molecular complexity index is 903. The number of methoxy groups -OCH3 is 1. The van der Waals surface area contributed by atoms with Crippen molar-refractivity contribution in [2.45, 2.75) is 51.9 Å². The van der Waals surface area contributed by atoms with E-state index < -0.39 is 0 Å². The number of benzene rings is 2. The van der Waals surface area contributed by atoms with Crippen LogP contribution in [0.5, 0.6) is 5.75 Å². The van der Waals surface area contributed by atoms with E-state index in [4.69, 9.17) is 9.72 Å². The van der Waals surface area contributed by atoms with Gasteiger partial charge < -0.3 is 4.74 Å². The van der Waals surface area contributed by atoms with E-state index in [0.717, 1.165) is 33.0 Å². The summed E-state index contributed by atoms with van der Waals surface area (Å²) in [5, 5.41) is 1.03. The molecular formula is C24H29NO2S2. The number of para-hydroxylation sites is 1. The first-order valence-electron chi connectivity index (χ1n) is 10.4. The van der Waals surface area contributed by atoms with Gasteiger partial charge in [0.05, 0.1) is 22.9 Å². The highest BCUT2D eigenvalue weighted by molar-refractivity contribution is 8.14. The molecule has 3 rings (SSSR count). The molecule has 3 nitrogen and oxygen atoms in total. The fourth-order valence-corrected chi connectivity index (χ4v) is 5.11. The van der Waals surface area contributed by atoms with Crippen molar-refractivity contribution < 1.29 is 9.53 Å². The number of ether oxygens (including phenoxy) is 1. The number of carbonyl (C=O) groups excluding carboxylic acids is 1. The minimum Gasteiger partial charge on any atom is -0.496 e. The van der Waals surface area contributed by atoms with Crippen LogP contribution in [0.15, 0.2) is 42.5 Å². The van der Waals surface area contributed by atoms with Gasteiger partial charge >= 0.3 is 0 Å².